The van der Waals surface area contributed by atoms with Gasteiger partial charge in [0, 0.05) is 30.4 Å². The molecule has 0 aromatic carbocycles. The van der Waals surface area contributed by atoms with Gasteiger partial charge < -0.3 is 4.57 Å². The van der Waals surface area contributed by atoms with Gasteiger partial charge in [0.05, 0.1) is 15.0 Å². The lowest BCUT2D eigenvalue weighted by Gasteiger charge is -2.06. The van der Waals surface area contributed by atoms with Crippen LogP contribution in [0.3, 0.4) is 0 Å². The van der Waals surface area contributed by atoms with Crippen molar-refractivity contribution in [2.75, 3.05) is 6.54 Å². The number of hydrogen-bond acceptors (Lipinski definition) is 4. The maximum atomic E-state index is 12.1. The summed E-state index contributed by atoms with van der Waals surface area (Å²) in [4.78, 5) is 5.07. The Bertz CT molecular complexity index is 635. The van der Waals surface area contributed by atoms with Crippen molar-refractivity contribution in [3.63, 3.8) is 0 Å². The van der Waals surface area contributed by atoms with E-state index in [2.05, 4.69) is 25.6 Å². The van der Waals surface area contributed by atoms with Crippen LogP contribution in [0.1, 0.15) is 11.3 Å². The normalized spacial score (nSPS) is 11.9. The first-order valence-electron chi connectivity index (χ1n) is 5.70. The van der Waals surface area contributed by atoms with E-state index >= 15 is 0 Å². The van der Waals surface area contributed by atoms with Crippen LogP contribution in [0.15, 0.2) is 33.5 Å². The van der Waals surface area contributed by atoms with Crippen molar-refractivity contribution >= 4 is 37.3 Å². The van der Waals surface area contributed by atoms with Crippen molar-refractivity contribution < 1.29 is 8.42 Å². The monoisotopic (exact) mass is 363 g/mol. The zero-order valence-corrected chi connectivity index (χ0v) is 13.6. The van der Waals surface area contributed by atoms with Crippen LogP contribution in [-0.4, -0.2) is 24.5 Å². The highest BCUT2D eigenvalue weighted by Gasteiger charge is 2.18. The molecule has 2 rings (SSSR count). The van der Waals surface area contributed by atoms with Crippen molar-refractivity contribution in [2.45, 2.75) is 24.8 Å². The molecule has 0 fully saturated rings. The Kier molecular flexibility index (Phi) is 4.77. The van der Waals surface area contributed by atoms with Gasteiger partial charge in [-0.25, -0.2) is 18.1 Å². The Hall–Kier alpha value is -0.700. The molecule has 0 spiro atoms. The molecule has 0 saturated heterocycles. The third-order valence-electron chi connectivity index (χ3n) is 2.58. The van der Waals surface area contributed by atoms with Crippen molar-refractivity contribution in [2.24, 2.45) is 0 Å². The number of thiophene rings is 1. The summed E-state index contributed by atoms with van der Waals surface area (Å²) in [6, 6.07) is 1.64. The Morgan fingerprint density at radius 3 is 2.89 bits per heavy atom. The fourth-order valence-electron chi connectivity index (χ4n) is 1.66. The molecular formula is C11H14BrN3O2S2. The van der Waals surface area contributed by atoms with E-state index in [-0.39, 0.29) is 0 Å². The number of aromatic nitrogens is 2. The van der Waals surface area contributed by atoms with Crippen molar-refractivity contribution in [3.05, 3.63) is 33.5 Å². The minimum Gasteiger partial charge on any atom is -0.337 e. The van der Waals surface area contributed by atoms with Gasteiger partial charge in [-0.1, -0.05) is 0 Å². The summed E-state index contributed by atoms with van der Waals surface area (Å²) in [5.74, 6) is 0. The Morgan fingerprint density at radius 1 is 1.53 bits per heavy atom. The summed E-state index contributed by atoms with van der Waals surface area (Å²) in [6.07, 6.45) is 6.00. The van der Waals surface area contributed by atoms with Gasteiger partial charge >= 0.3 is 0 Å². The van der Waals surface area contributed by atoms with Gasteiger partial charge in [-0.3, -0.25) is 0 Å². The third kappa shape index (κ3) is 3.88. The first kappa shape index (κ1) is 14.7. The quantitative estimate of drug-likeness (QED) is 0.801. The third-order valence-corrected chi connectivity index (χ3v) is 5.85. The van der Waals surface area contributed by atoms with Crippen LogP contribution in [0.2, 0.25) is 0 Å². The lowest BCUT2D eigenvalue weighted by atomic mass is 10.4. The standard InChI is InChI=1S/C11H14BrN3O2S2/c1-9-10(7-11(12)18-9)19(16,17)14-3-2-5-15-6-4-13-8-15/h4,6-8,14H,2-3,5H2,1H3. The molecule has 0 saturated carbocycles. The molecule has 0 bridgehead atoms. The van der Waals surface area contributed by atoms with Crippen LogP contribution in [0.4, 0.5) is 0 Å². The minimum absolute atomic E-state index is 0.354. The second-order valence-corrected chi connectivity index (χ2v) is 8.39. The molecule has 0 amide bonds. The smallest absolute Gasteiger partial charge is 0.241 e. The van der Waals surface area contributed by atoms with Crippen molar-refractivity contribution in [3.8, 4) is 0 Å². The van der Waals surface area contributed by atoms with Crippen LogP contribution >= 0.6 is 27.3 Å². The van der Waals surface area contributed by atoms with Crippen LogP contribution in [0.5, 0.6) is 0 Å². The maximum absolute atomic E-state index is 12.1. The summed E-state index contributed by atoms with van der Waals surface area (Å²) in [5, 5.41) is 0. The predicted molar refractivity (Wildman–Crippen MR) is 78.8 cm³/mol. The zero-order chi connectivity index (χ0) is 13.9. The van der Waals surface area contributed by atoms with Crippen LogP contribution < -0.4 is 4.72 Å². The molecule has 0 aliphatic rings. The van der Waals surface area contributed by atoms with Gasteiger partial charge in [-0.15, -0.1) is 11.3 Å². The lowest BCUT2D eigenvalue weighted by molar-refractivity contribution is 0.569. The summed E-state index contributed by atoms with van der Waals surface area (Å²) >= 11 is 4.72. The predicted octanol–water partition coefficient (Wildman–Crippen LogP) is 2.38. The van der Waals surface area contributed by atoms with Gasteiger partial charge in [0.25, 0.3) is 0 Å². The number of aryl methyl sites for hydroxylation is 2. The van der Waals surface area contributed by atoms with Gasteiger partial charge in [-0.2, -0.15) is 0 Å². The highest BCUT2D eigenvalue weighted by molar-refractivity contribution is 9.11. The molecule has 8 heteroatoms. The van der Waals surface area contributed by atoms with E-state index < -0.39 is 10.0 Å². The summed E-state index contributed by atoms with van der Waals surface area (Å²) in [6.45, 7) is 2.96. The second kappa shape index (κ2) is 6.17. The number of halogens is 1. The van der Waals surface area contributed by atoms with E-state index in [0.717, 1.165) is 21.6 Å². The van der Waals surface area contributed by atoms with Gasteiger partial charge in [-0.05, 0) is 35.3 Å². The molecular weight excluding hydrogens is 350 g/mol. The average molecular weight is 364 g/mol. The molecule has 104 valence electrons. The number of nitrogens with one attached hydrogen (secondary N) is 1. The molecule has 0 aliphatic carbocycles. The first-order valence-corrected chi connectivity index (χ1v) is 8.79. The molecule has 19 heavy (non-hydrogen) atoms. The molecule has 2 heterocycles. The molecule has 0 radical (unpaired) electrons. The molecule has 0 aliphatic heterocycles. The van der Waals surface area contributed by atoms with E-state index in [9.17, 15) is 8.42 Å². The van der Waals surface area contributed by atoms with Gasteiger partial charge in [0.15, 0.2) is 0 Å². The van der Waals surface area contributed by atoms with E-state index in [1.54, 1.807) is 25.5 Å². The number of hydrogen-bond donors (Lipinski definition) is 1. The Balaban J connectivity index is 1.89. The zero-order valence-electron chi connectivity index (χ0n) is 10.3. The van der Waals surface area contributed by atoms with Gasteiger partial charge in [0.1, 0.15) is 0 Å². The largest absolute Gasteiger partial charge is 0.337 e. The summed E-state index contributed by atoms with van der Waals surface area (Å²) in [7, 11) is -3.41. The van der Waals surface area contributed by atoms with E-state index in [0.29, 0.717) is 11.4 Å². The Morgan fingerprint density at radius 2 is 2.32 bits per heavy atom. The van der Waals surface area contributed by atoms with Gasteiger partial charge in [0.2, 0.25) is 10.0 Å². The molecule has 2 aromatic heterocycles. The maximum Gasteiger partial charge on any atom is 0.241 e. The van der Waals surface area contributed by atoms with Crippen LogP contribution in [-0.2, 0) is 16.6 Å². The first-order chi connectivity index (χ1) is 8.99. The summed E-state index contributed by atoms with van der Waals surface area (Å²) < 4.78 is 29.5. The van der Waals surface area contributed by atoms with Crippen molar-refractivity contribution in [1.82, 2.24) is 14.3 Å². The molecule has 5 nitrogen and oxygen atoms in total. The van der Waals surface area contributed by atoms with Crippen molar-refractivity contribution in [1.29, 1.82) is 0 Å². The SMILES string of the molecule is Cc1sc(Br)cc1S(=O)(=O)NCCCn1ccnc1. The fraction of sp³-hybridized carbons (Fsp3) is 0.364. The topological polar surface area (TPSA) is 64.0 Å². The number of sulfonamides is 1. The molecule has 2 aromatic rings. The number of nitrogens with zero attached hydrogens (tertiary/aromatic N) is 2. The fourth-order valence-corrected chi connectivity index (χ4v) is 5.15. The number of rotatable bonds is 6. The lowest BCUT2D eigenvalue weighted by Crippen LogP contribution is -2.25. The molecule has 1 N–H and O–H groups in total. The molecule has 0 unspecified atom stereocenters. The summed E-state index contributed by atoms with van der Waals surface area (Å²) in [5.41, 5.74) is 0. The second-order valence-electron chi connectivity index (χ2n) is 4.02. The highest BCUT2D eigenvalue weighted by Crippen LogP contribution is 2.29. The highest BCUT2D eigenvalue weighted by atomic mass is 79.9. The Labute approximate surface area is 124 Å². The molecule has 0 atom stereocenters. The number of imidazole rings is 1. The average Bonchev–Trinajstić information content (AvgIpc) is 2.94. The van der Waals surface area contributed by atoms with E-state index in [4.69, 9.17) is 0 Å². The van der Waals surface area contributed by atoms with E-state index in [1.807, 2.05) is 10.8 Å². The van der Waals surface area contributed by atoms with Crippen LogP contribution in [0, 0.1) is 6.92 Å². The minimum atomic E-state index is -3.41. The van der Waals surface area contributed by atoms with Crippen LogP contribution in [0.25, 0.3) is 0 Å². The van der Waals surface area contributed by atoms with E-state index in [1.165, 1.54) is 11.3 Å².